The van der Waals surface area contributed by atoms with Gasteiger partial charge in [0.25, 0.3) is 0 Å². The van der Waals surface area contributed by atoms with Gasteiger partial charge in [-0.25, -0.2) is 0 Å². The number of nitrogens with zero attached hydrogens (tertiary/aromatic N) is 1. The Morgan fingerprint density at radius 2 is 1.71 bits per heavy atom. The Hall–Kier alpha value is -2.14. The minimum atomic E-state index is -0.343. The third kappa shape index (κ3) is 4.00. The molecule has 2 aromatic carbocycles. The normalized spacial score (nSPS) is 21.2. The van der Waals surface area contributed by atoms with Crippen LogP contribution in [0.2, 0.25) is 0 Å². The molecular weight excluding hydrogens is 418 g/mol. The molecule has 0 bridgehead atoms. The summed E-state index contributed by atoms with van der Waals surface area (Å²) in [4.78, 5) is 28.0. The molecule has 2 atom stereocenters. The number of benzene rings is 2. The largest absolute Gasteiger partial charge is 0.461 e. The minimum absolute atomic E-state index is 0.0789. The van der Waals surface area contributed by atoms with Crippen molar-refractivity contribution >= 4 is 33.5 Å². The molecule has 4 rings (SSSR count). The zero-order valence-corrected chi connectivity index (χ0v) is 17.4. The van der Waals surface area contributed by atoms with E-state index in [1.165, 1.54) is 5.56 Å². The third-order valence-corrected chi connectivity index (χ3v) is 6.36. The van der Waals surface area contributed by atoms with Crippen molar-refractivity contribution in [3.8, 4) is 0 Å². The molecule has 0 aromatic heterocycles. The van der Waals surface area contributed by atoms with Crippen LogP contribution in [0.15, 0.2) is 53.0 Å². The van der Waals surface area contributed by atoms with E-state index in [1.807, 2.05) is 47.4 Å². The zero-order chi connectivity index (χ0) is 19.5. The first kappa shape index (κ1) is 19.2. The molecule has 2 aliphatic rings. The summed E-state index contributed by atoms with van der Waals surface area (Å²) in [5, 5.41) is 0. The third-order valence-electron chi connectivity index (χ3n) is 5.83. The first-order valence-corrected chi connectivity index (χ1v) is 10.7. The maximum atomic E-state index is 13.3. The average molecular weight is 442 g/mol. The maximum absolute atomic E-state index is 13.3. The summed E-state index contributed by atoms with van der Waals surface area (Å²) in [5.74, 6) is -0.787. The molecule has 0 saturated heterocycles. The van der Waals surface area contributed by atoms with Gasteiger partial charge in [0.2, 0.25) is 5.91 Å². The topological polar surface area (TPSA) is 46.6 Å². The van der Waals surface area contributed by atoms with Gasteiger partial charge in [0.05, 0.1) is 11.8 Å². The van der Waals surface area contributed by atoms with Crippen LogP contribution in [0.25, 0.3) is 0 Å². The number of hydrogen-bond acceptors (Lipinski definition) is 3. The quantitative estimate of drug-likeness (QED) is 0.634. The van der Waals surface area contributed by atoms with Gasteiger partial charge in [0.1, 0.15) is 6.61 Å². The predicted molar refractivity (Wildman–Crippen MR) is 112 cm³/mol. The van der Waals surface area contributed by atoms with E-state index in [4.69, 9.17) is 4.74 Å². The van der Waals surface area contributed by atoms with Crippen molar-refractivity contribution in [3.05, 3.63) is 64.1 Å². The first-order valence-electron chi connectivity index (χ1n) is 9.94. The molecule has 1 fully saturated rings. The van der Waals surface area contributed by atoms with Crippen molar-refractivity contribution in [2.24, 2.45) is 11.8 Å². The number of ether oxygens (including phenoxy) is 1. The molecule has 0 unspecified atom stereocenters. The molecular formula is C23H24BrNO3. The number of carbonyl (C=O) groups is 2. The van der Waals surface area contributed by atoms with Crippen molar-refractivity contribution in [3.63, 3.8) is 0 Å². The van der Waals surface area contributed by atoms with Crippen LogP contribution in [0.4, 0.5) is 5.69 Å². The second-order valence-electron chi connectivity index (χ2n) is 7.60. The molecule has 5 heteroatoms. The van der Waals surface area contributed by atoms with Crippen LogP contribution in [0.1, 0.15) is 36.8 Å². The number of para-hydroxylation sites is 1. The number of anilines is 1. The molecule has 146 valence electrons. The van der Waals surface area contributed by atoms with E-state index in [0.29, 0.717) is 6.54 Å². The number of esters is 1. The summed E-state index contributed by atoms with van der Waals surface area (Å²) >= 11 is 3.41. The smallest absolute Gasteiger partial charge is 0.310 e. The Bertz CT molecular complexity index is 864. The van der Waals surface area contributed by atoms with Crippen LogP contribution in [0.5, 0.6) is 0 Å². The minimum Gasteiger partial charge on any atom is -0.461 e. The Kier molecular flexibility index (Phi) is 5.81. The fraction of sp³-hybridized carbons (Fsp3) is 0.391. The number of amides is 1. The van der Waals surface area contributed by atoms with Crippen LogP contribution in [0, 0.1) is 11.8 Å². The highest BCUT2D eigenvalue weighted by Crippen LogP contribution is 2.36. The molecule has 0 radical (unpaired) electrons. The van der Waals surface area contributed by atoms with Crippen molar-refractivity contribution in [1.82, 2.24) is 0 Å². The Morgan fingerprint density at radius 1 is 1.00 bits per heavy atom. The molecule has 28 heavy (non-hydrogen) atoms. The number of fused-ring (bicyclic) bond motifs is 1. The lowest BCUT2D eigenvalue weighted by molar-refractivity contribution is -0.155. The van der Waals surface area contributed by atoms with Gasteiger partial charge in [-0.15, -0.1) is 0 Å². The second kappa shape index (κ2) is 8.48. The number of rotatable bonds is 4. The van der Waals surface area contributed by atoms with Crippen LogP contribution in [-0.2, 0) is 27.4 Å². The highest BCUT2D eigenvalue weighted by Gasteiger charge is 2.40. The molecule has 2 aromatic rings. The van der Waals surface area contributed by atoms with Gasteiger partial charge in [-0.3, -0.25) is 9.59 Å². The Balaban J connectivity index is 1.44. The number of carbonyl (C=O) groups excluding carboxylic acids is 2. The number of hydrogen-bond donors (Lipinski definition) is 0. The summed E-state index contributed by atoms with van der Waals surface area (Å²) in [6.45, 7) is 0.950. The molecule has 1 aliphatic heterocycles. The molecule has 4 nitrogen and oxygen atoms in total. The lowest BCUT2D eigenvalue weighted by Crippen LogP contribution is -2.42. The Labute approximate surface area is 174 Å². The molecule has 1 saturated carbocycles. The molecule has 0 spiro atoms. The van der Waals surface area contributed by atoms with Crippen molar-refractivity contribution in [2.75, 3.05) is 11.4 Å². The van der Waals surface area contributed by atoms with Gasteiger partial charge in [-0.1, -0.05) is 59.1 Å². The predicted octanol–water partition coefficient (Wildman–Crippen LogP) is 4.89. The molecule has 1 aliphatic carbocycles. The van der Waals surface area contributed by atoms with E-state index in [2.05, 4.69) is 22.0 Å². The summed E-state index contributed by atoms with van der Waals surface area (Å²) in [6, 6.07) is 15.8. The van der Waals surface area contributed by atoms with Gasteiger partial charge in [0.15, 0.2) is 0 Å². The van der Waals surface area contributed by atoms with Crippen LogP contribution in [0.3, 0.4) is 0 Å². The highest BCUT2D eigenvalue weighted by atomic mass is 79.9. The lowest BCUT2D eigenvalue weighted by atomic mass is 9.78. The highest BCUT2D eigenvalue weighted by molar-refractivity contribution is 9.10. The average Bonchev–Trinajstić information content (AvgIpc) is 3.17. The van der Waals surface area contributed by atoms with Crippen molar-refractivity contribution < 1.29 is 14.3 Å². The summed E-state index contributed by atoms with van der Waals surface area (Å²) in [6.07, 6.45) is 4.33. The van der Waals surface area contributed by atoms with Crippen LogP contribution < -0.4 is 4.90 Å². The van der Waals surface area contributed by atoms with Crippen LogP contribution >= 0.6 is 15.9 Å². The maximum Gasteiger partial charge on any atom is 0.310 e. The van der Waals surface area contributed by atoms with Gasteiger partial charge >= 0.3 is 5.97 Å². The fourth-order valence-corrected chi connectivity index (χ4v) is 4.58. The van der Waals surface area contributed by atoms with Gasteiger partial charge in [0, 0.05) is 16.7 Å². The number of halogens is 1. The van der Waals surface area contributed by atoms with E-state index in [9.17, 15) is 9.59 Å². The molecule has 1 amide bonds. The lowest BCUT2D eigenvalue weighted by Gasteiger charge is -2.32. The second-order valence-corrected chi connectivity index (χ2v) is 8.52. The van der Waals surface area contributed by atoms with E-state index in [-0.39, 0.29) is 30.3 Å². The zero-order valence-electron chi connectivity index (χ0n) is 15.8. The van der Waals surface area contributed by atoms with Gasteiger partial charge in [-0.05, 0) is 48.6 Å². The van der Waals surface area contributed by atoms with Gasteiger partial charge < -0.3 is 9.64 Å². The monoisotopic (exact) mass is 441 g/mol. The van der Waals surface area contributed by atoms with Crippen molar-refractivity contribution in [2.45, 2.75) is 38.7 Å². The van der Waals surface area contributed by atoms with Crippen LogP contribution in [-0.4, -0.2) is 18.4 Å². The van der Waals surface area contributed by atoms with E-state index in [0.717, 1.165) is 47.8 Å². The van der Waals surface area contributed by atoms with Gasteiger partial charge in [-0.2, -0.15) is 0 Å². The standard InChI is InChI=1S/C23H24BrNO3/c24-18-11-9-16(10-12-18)15-28-23(27)20-7-3-2-6-19(20)22(26)25-14-13-17-5-1-4-8-21(17)25/h1,4-5,8-12,19-20H,2-3,6-7,13-15H2/t19-,20+/m0/s1. The first-order chi connectivity index (χ1) is 13.6. The van der Waals surface area contributed by atoms with E-state index < -0.39 is 0 Å². The summed E-state index contributed by atoms with van der Waals surface area (Å²) < 4.78 is 6.59. The Morgan fingerprint density at radius 3 is 2.50 bits per heavy atom. The summed E-state index contributed by atoms with van der Waals surface area (Å²) in [7, 11) is 0. The molecule has 0 N–H and O–H groups in total. The van der Waals surface area contributed by atoms with E-state index in [1.54, 1.807) is 0 Å². The SMILES string of the molecule is O=C(OCc1ccc(Br)cc1)[C@@H]1CCCC[C@@H]1C(=O)N1CCc2ccccc21. The van der Waals surface area contributed by atoms with E-state index >= 15 is 0 Å². The fourth-order valence-electron chi connectivity index (χ4n) is 4.32. The van der Waals surface area contributed by atoms with Crippen molar-refractivity contribution in [1.29, 1.82) is 0 Å². The summed E-state index contributed by atoms with van der Waals surface area (Å²) in [5.41, 5.74) is 3.16. The molecule has 1 heterocycles.